The van der Waals surface area contributed by atoms with Gasteiger partial charge in [0.05, 0.1) is 6.54 Å². The zero-order valence-electron chi connectivity index (χ0n) is 11.9. The standard InChI is InChI=1S/C13H23N3O2/c1-9-6-10(15-18-9)8-16(5)12(17)7-11(14)13(2,3)4/h6,11H,7-8,14H2,1-5H3. The first-order valence-electron chi connectivity index (χ1n) is 6.12. The number of nitrogens with zero attached hydrogens (tertiary/aromatic N) is 2. The number of carbonyl (C=O) groups is 1. The summed E-state index contributed by atoms with van der Waals surface area (Å²) in [7, 11) is 1.75. The lowest BCUT2D eigenvalue weighted by atomic mass is 9.85. The zero-order valence-corrected chi connectivity index (χ0v) is 11.9. The fraction of sp³-hybridized carbons (Fsp3) is 0.692. The van der Waals surface area contributed by atoms with Crippen molar-refractivity contribution in [2.45, 2.75) is 46.7 Å². The Morgan fingerprint density at radius 1 is 1.56 bits per heavy atom. The number of aromatic nitrogens is 1. The Bertz CT molecular complexity index is 407. The molecular weight excluding hydrogens is 230 g/mol. The number of aryl methyl sites for hydroxylation is 1. The molecule has 0 saturated heterocycles. The van der Waals surface area contributed by atoms with E-state index in [1.54, 1.807) is 11.9 Å². The molecule has 0 bridgehead atoms. The van der Waals surface area contributed by atoms with Crippen LogP contribution in [0.5, 0.6) is 0 Å². The topological polar surface area (TPSA) is 72.4 Å². The van der Waals surface area contributed by atoms with Crippen molar-refractivity contribution in [3.8, 4) is 0 Å². The molecule has 0 aliphatic rings. The average Bonchev–Trinajstić information content (AvgIpc) is 2.62. The highest BCUT2D eigenvalue weighted by Crippen LogP contribution is 2.20. The van der Waals surface area contributed by atoms with E-state index in [0.29, 0.717) is 13.0 Å². The molecule has 102 valence electrons. The first-order chi connectivity index (χ1) is 8.20. The molecule has 5 heteroatoms. The van der Waals surface area contributed by atoms with Crippen LogP contribution in [-0.4, -0.2) is 29.1 Å². The van der Waals surface area contributed by atoms with Gasteiger partial charge in [-0.3, -0.25) is 4.79 Å². The summed E-state index contributed by atoms with van der Waals surface area (Å²) in [5.74, 6) is 0.773. The number of hydrogen-bond acceptors (Lipinski definition) is 4. The van der Waals surface area contributed by atoms with Crippen LogP contribution in [0, 0.1) is 12.3 Å². The lowest BCUT2D eigenvalue weighted by Gasteiger charge is -2.28. The molecule has 2 N–H and O–H groups in total. The highest BCUT2D eigenvalue weighted by atomic mass is 16.5. The molecule has 0 spiro atoms. The summed E-state index contributed by atoms with van der Waals surface area (Å²) < 4.78 is 4.97. The predicted molar refractivity (Wildman–Crippen MR) is 69.8 cm³/mol. The second-order valence-electron chi connectivity index (χ2n) is 5.86. The maximum absolute atomic E-state index is 12.0. The van der Waals surface area contributed by atoms with Gasteiger partial charge in [-0.1, -0.05) is 25.9 Å². The van der Waals surface area contributed by atoms with E-state index in [-0.39, 0.29) is 17.4 Å². The largest absolute Gasteiger partial charge is 0.361 e. The van der Waals surface area contributed by atoms with Crippen LogP contribution in [0.15, 0.2) is 10.6 Å². The second-order valence-corrected chi connectivity index (χ2v) is 5.86. The molecule has 18 heavy (non-hydrogen) atoms. The molecule has 1 heterocycles. The Labute approximate surface area is 108 Å². The van der Waals surface area contributed by atoms with Crippen LogP contribution in [0.4, 0.5) is 0 Å². The maximum Gasteiger partial charge on any atom is 0.224 e. The van der Waals surface area contributed by atoms with Crippen molar-refractivity contribution in [2.24, 2.45) is 11.1 Å². The van der Waals surface area contributed by atoms with E-state index in [1.165, 1.54) is 0 Å². The molecule has 0 radical (unpaired) electrons. The van der Waals surface area contributed by atoms with Crippen molar-refractivity contribution >= 4 is 5.91 Å². The highest BCUT2D eigenvalue weighted by Gasteiger charge is 2.24. The molecule has 5 nitrogen and oxygen atoms in total. The van der Waals surface area contributed by atoms with Crippen molar-refractivity contribution < 1.29 is 9.32 Å². The van der Waals surface area contributed by atoms with Gasteiger partial charge in [0.2, 0.25) is 5.91 Å². The second kappa shape index (κ2) is 5.52. The highest BCUT2D eigenvalue weighted by molar-refractivity contribution is 5.76. The van der Waals surface area contributed by atoms with Crippen LogP contribution in [0.25, 0.3) is 0 Å². The van der Waals surface area contributed by atoms with Crippen LogP contribution >= 0.6 is 0 Å². The van der Waals surface area contributed by atoms with Gasteiger partial charge in [0.15, 0.2) is 0 Å². The average molecular weight is 253 g/mol. The van der Waals surface area contributed by atoms with E-state index in [9.17, 15) is 4.79 Å². The third-order valence-corrected chi connectivity index (χ3v) is 3.01. The molecule has 0 aliphatic carbocycles. The summed E-state index contributed by atoms with van der Waals surface area (Å²) in [5.41, 5.74) is 6.69. The predicted octanol–water partition coefficient (Wildman–Crippen LogP) is 1.70. The molecular formula is C13H23N3O2. The molecule has 0 aliphatic heterocycles. The van der Waals surface area contributed by atoms with Gasteiger partial charge in [0, 0.05) is 25.6 Å². The van der Waals surface area contributed by atoms with E-state index in [4.69, 9.17) is 10.3 Å². The summed E-state index contributed by atoms with van der Waals surface area (Å²) in [5, 5.41) is 3.87. The molecule has 1 atom stereocenters. The molecule has 1 aromatic rings. The summed E-state index contributed by atoms with van der Waals surface area (Å²) in [4.78, 5) is 13.6. The number of nitrogens with two attached hydrogens (primary N) is 1. The summed E-state index contributed by atoms with van der Waals surface area (Å²) in [6, 6.07) is 1.68. The quantitative estimate of drug-likeness (QED) is 0.886. The molecule has 1 rings (SSSR count). The first kappa shape index (κ1) is 14.7. The van der Waals surface area contributed by atoms with Crippen molar-refractivity contribution in [3.05, 3.63) is 17.5 Å². The Morgan fingerprint density at radius 2 is 2.17 bits per heavy atom. The number of carbonyl (C=O) groups excluding carboxylic acids is 1. The monoisotopic (exact) mass is 253 g/mol. The number of hydrogen-bond donors (Lipinski definition) is 1. The van der Waals surface area contributed by atoms with Crippen LogP contribution in [0.3, 0.4) is 0 Å². The van der Waals surface area contributed by atoms with E-state index in [0.717, 1.165) is 11.5 Å². The van der Waals surface area contributed by atoms with Gasteiger partial charge in [-0.25, -0.2) is 0 Å². The maximum atomic E-state index is 12.0. The Kier molecular flexibility index (Phi) is 4.51. The van der Waals surface area contributed by atoms with Gasteiger partial charge >= 0.3 is 0 Å². The van der Waals surface area contributed by atoms with Gasteiger partial charge in [-0.05, 0) is 12.3 Å². The van der Waals surface area contributed by atoms with Gasteiger partial charge < -0.3 is 15.2 Å². The minimum atomic E-state index is -0.147. The normalized spacial score (nSPS) is 13.4. The van der Waals surface area contributed by atoms with Crippen LogP contribution < -0.4 is 5.73 Å². The third-order valence-electron chi connectivity index (χ3n) is 3.01. The van der Waals surface area contributed by atoms with Crippen molar-refractivity contribution in [3.63, 3.8) is 0 Å². The Morgan fingerprint density at radius 3 is 2.61 bits per heavy atom. The fourth-order valence-electron chi connectivity index (χ4n) is 1.47. The van der Waals surface area contributed by atoms with E-state index in [2.05, 4.69) is 5.16 Å². The van der Waals surface area contributed by atoms with Gasteiger partial charge in [-0.2, -0.15) is 0 Å². The van der Waals surface area contributed by atoms with Crippen molar-refractivity contribution in [1.82, 2.24) is 10.1 Å². The molecule has 1 aromatic heterocycles. The van der Waals surface area contributed by atoms with E-state index < -0.39 is 0 Å². The van der Waals surface area contributed by atoms with E-state index in [1.807, 2.05) is 33.8 Å². The van der Waals surface area contributed by atoms with Crippen molar-refractivity contribution in [1.29, 1.82) is 0 Å². The molecule has 0 aromatic carbocycles. The van der Waals surface area contributed by atoms with Gasteiger partial charge in [0.1, 0.15) is 11.5 Å². The van der Waals surface area contributed by atoms with Crippen molar-refractivity contribution in [2.75, 3.05) is 7.05 Å². The van der Waals surface area contributed by atoms with Gasteiger partial charge in [0.25, 0.3) is 0 Å². The molecule has 0 saturated carbocycles. The molecule has 1 amide bonds. The van der Waals surface area contributed by atoms with Crippen LogP contribution in [-0.2, 0) is 11.3 Å². The first-order valence-corrected chi connectivity index (χ1v) is 6.12. The third kappa shape index (κ3) is 4.14. The van der Waals surface area contributed by atoms with E-state index >= 15 is 0 Å². The molecule has 0 fully saturated rings. The smallest absolute Gasteiger partial charge is 0.224 e. The Balaban J connectivity index is 2.52. The fourth-order valence-corrected chi connectivity index (χ4v) is 1.47. The minimum absolute atomic E-state index is 0.0260. The number of amides is 1. The summed E-state index contributed by atoms with van der Waals surface area (Å²) in [6.07, 6.45) is 0.344. The summed E-state index contributed by atoms with van der Waals surface area (Å²) >= 11 is 0. The SMILES string of the molecule is Cc1cc(CN(C)C(=O)CC(N)C(C)(C)C)no1. The summed E-state index contributed by atoms with van der Waals surface area (Å²) in [6.45, 7) is 8.38. The van der Waals surface area contributed by atoms with Gasteiger partial charge in [-0.15, -0.1) is 0 Å². The molecule has 1 unspecified atom stereocenters. The van der Waals surface area contributed by atoms with Crippen LogP contribution in [0.1, 0.15) is 38.6 Å². The number of rotatable bonds is 4. The lowest BCUT2D eigenvalue weighted by molar-refractivity contribution is -0.131. The minimum Gasteiger partial charge on any atom is -0.361 e. The lowest BCUT2D eigenvalue weighted by Crippen LogP contribution is -2.40. The Hall–Kier alpha value is -1.36. The zero-order chi connectivity index (χ0) is 13.9. The van der Waals surface area contributed by atoms with Crippen LogP contribution in [0.2, 0.25) is 0 Å².